The highest BCUT2D eigenvalue weighted by Gasteiger charge is 2.26. The standard InChI is InChI=1S/C23H16O6.C19H24ClNO3/c24-20-16(14-7-3-1-5-12(14)9-18(20)22(26)27)11-17-15-8-4-2-6-13(15)10-19(21(17)25)23(28)29;1-2-24-19(23)16-9-12-21(13-10-16)14-11-18(22)8-5-15-3-6-17(20)7-4-15/h1-10,24-25H,11H2,(H,26,27)(H,28,29);3-8,16H,2,9-14H2,1H3/b;8-5+. The Bertz CT molecular complexity index is 2070. The molecule has 11 heteroatoms. The third kappa shape index (κ3) is 9.59. The average molecular weight is 738 g/mol. The number of allylic oxidation sites excluding steroid dienone is 1. The molecule has 5 aromatic rings. The number of hydrogen-bond donors (Lipinski definition) is 4. The first-order valence-corrected chi connectivity index (χ1v) is 17.6. The molecule has 0 aliphatic carbocycles. The number of halogens is 1. The summed E-state index contributed by atoms with van der Waals surface area (Å²) in [6.07, 6.45) is 5.51. The summed E-state index contributed by atoms with van der Waals surface area (Å²) in [4.78, 5) is 49.1. The van der Waals surface area contributed by atoms with E-state index in [1.54, 1.807) is 66.7 Å². The third-order valence-corrected chi connectivity index (χ3v) is 9.53. The first kappa shape index (κ1) is 38.5. The molecular weight excluding hydrogens is 698 g/mol. The second-order valence-corrected chi connectivity index (χ2v) is 13.1. The summed E-state index contributed by atoms with van der Waals surface area (Å²) in [5.74, 6) is -3.31. The van der Waals surface area contributed by atoms with Gasteiger partial charge in [0.25, 0.3) is 0 Å². The van der Waals surface area contributed by atoms with Gasteiger partial charge in [-0.25, -0.2) is 9.59 Å². The van der Waals surface area contributed by atoms with E-state index < -0.39 is 23.4 Å². The van der Waals surface area contributed by atoms with Crippen LogP contribution in [0.5, 0.6) is 11.5 Å². The van der Waals surface area contributed by atoms with Crippen LogP contribution in [0.2, 0.25) is 5.02 Å². The van der Waals surface area contributed by atoms with Crippen molar-refractivity contribution < 1.29 is 44.3 Å². The first-order valence-electron chi connectivity index (χ1n) is 17.3. The minimum absolute atomic E-state index is 0.0155. The van der Waals surface area contributed by atoms with E-state index in [1.807, 2.05) is 25.1 Å². The van der Waals surface area contributed by atoms with E-state index in [-0.39, 0.29) is 35.2 Å². The van der Waals surface area contributed by atoms with Crippen LogP contribution in [0, 0.1) is 5.92 Å². The van der Waals surface area contributed by atoms with Crippen LogP contribution in [0.25, 0.3) is 27.6 Å². The van der Waals surface area contributed by atoms with E-state index in [0.29, 0.717) is 50.7 Å². The van der Waals surface area contributed by atoms with Gasteiger partial charge in [-0.3, -0.25) is 9.59 Å². The van der Waals surface area contributed by atoms with Gasteiger partial charge in [-0.2, -0.15) is 0 Å². The summed E-state index contributed by atoms with van der Waals surface area (Å²) in [5, 5.41) is 43.5. The number of benzene rings is 5. The zero-order chi connectivity index (χ0) is 38.1. The van der Waals surface area contributed by atoms with Gasteiger partial charge >= 0.3 is 17.9 Å². The number of phenols is 2. The number of piperidine rings is 1. The monoisotopic (exact) mass is 737 g/mol. The molecule has 5 aromatic carbocycles. The molecule has 274 valence electrons. The van der Waals surface area contributed by atoms with E-state index in [4.69, 9.17) is 16.3 Å². The Labute approximate surface area is 311 Å². The molecule has 0 saturated carbocycles. The normalized spacial score (nSPS) is 13.5. The average Bonchev–Trinajstić information content (AvgIpc) is 3.15. The van der Waals surface area contributed by atoms with Gasteiger partial charge in [0.15, 0.2) is 5.78 Å². The summed E-state index contributed by atoms with van der Waals surface area (Å²) in [7, 11) is 0. The molecule has 1 fully saturated rings. The van der Waals surface area contributed by atoms with Crippen LogP contribution < -0.4 is 0 Å². The number of carbonyl (C=O) groups is 4. The molecule has 0 amide bonds. The first-order chi connectivity index (χ1) is 25.5. The van der Waals surface area contributed by atoms with Gasteiger partial charge in [0, 0.05) is 35.5 Å². The number of fused-ring (bicyclic) bond motifs is 2. The predicted molar refractivity (Wildman–Crippen MR) is 204 cm³/mol. The van der Waals surface area contributed by atoms with Crippen molar-refractivity contribution in [2.45, 2.75) is 32.6 Å². The Balaban J connectivity index is 0.000000209. The number of aromatic hydroxyl groups is 2. The minimum Gasteiger partial charge on any atom is -0.507 e. The van der Waals surface area contributed by atoms with Gasteiger partial charge in [0.05, 0.1) is 12.5 Å². The van der Waals surface area contributed by atoms with E-state index >= 15 is 0 Å². The lowest BCUT2D eigenvalue weighted by Gasteiger charge is -2.30. The van der Waals surface area contributed by atoms with Crippen LogP contribution in [0.1, 0.15) is 63.6 Å². The minimum atomic E-state index is -1.28. The fourth-order valence-electron chi connectivity index (χ4n) is 6.45. The molecule has 0 bridgehead atoms. The third-order valence-electron chi connectivity index (χ3n) is 9.28. The molecule has 1 heterocycles. The Morgan fingerprint density at radius 2 is 1.30 bits per heavy atom. The molecule has 53 heavy (non-hydrogen) atoms. The lowest BCUT2D eigenvalue weighted by atomic mass is 9.90. The number of carbonyl (C=O) groups excluding carboxylic acids is 2. The highest BCUT2D eigenvalue weighted by molar-refractivity contribution is 6.30. The Kier molecular flexibility index (Phi) is 12.8. The van der Waals surface area contributed by atoms with Crippen LogP contribution in [0.15, 0.2) is 91.0 Å². The number of carboxylic acids is 2. The Morgan fingerprint density at radius 1 is 0.792 bits per heavy atom. The number of nitrogens with zero attached hydrogens (tertiary/aromatic N) is 1. The van der Waals surface area contributed by atoms with Crippen molar-refractivity contribution in [1.82, 2.24) is 4.90 Å². The van der Waals surface area contributed by atoms with Crippen molar-refractivity contribution in [1.29, 1.82) is 0 Å². The van der Waals surface area contributed by atoms with Crippen molar-refractivity contribution in [3.05, 3.63) is 124 Å². The van der Waals surface area contributed by atoms with Crippen LogP contribution in [0.3, 0.4) is 0 Å². The lowest BCUT2D eigenvalue weighted by Crippen LogP contribution is -2.37. The van der Waals surface area contributed by atoms with Gasteiger partial charge < -0.3 is 30.1 Å². The maximum absolute atomic E-state index is 12.0. The number of rotatable bonds is 11. The van der Waals surface area contributed by atoms with Crippen molar-refractivity contribution in [3.8, 4) is 11.5 Å². The molecule has 0 radical (unpaired) electrons. The highest BCUT2D eigenvalue weighted by atomic mass is 35.5. The fraction of sp³-hybridized carbons (Fsp3) is 0.238. The van der Waals surface area contributed by atoms with Crippen molar-refractivity contribution in [2.24, 2.45) is 5.92 Å². The van der Waals surface area contributed by atoms with Gasteiger partial charge in [-0.15, -0.1) is 0 Å². The number of esters is 1. The molecule has 4 N–H and O–H groups in total. The molecule has 10 nitrogen and oxygen atoms in total. The maximum atomic E-state index is 12.0. The second kappa shape index (κ2) is 17.7. The molecule has 1 aliphatic rings. The van der Waals surface area contributed by atoms with Crippen LogP contribution >= 0.6 is 11.6 Å². The lowest BCUT2D eigenvalue weighted by molar-refractivity contribution is -0.149. The zero-order valence-corrected chi connectivity index (χ0v) is 29.9. The summed E-state index contributed by atoms with van der Waals surface area (Å²) in [6.45, 7) is 4.69. The Hall–Kier alpha value is -5.71. The molecule has 0 unspecified atom stereocenters. The van der Waals surface area contributed by atoms with E-state index in [9.17, 15) is 39.6 Å². The molecular formula is C42H40ClNO9. The molecule has 0 spiro atoms. The van der Waals surface area contributed by atoms with E-state index in [1.165, 1.54) is 12.1 Å². The van der Waals surface area contributed by atoms with Crippen molar-refractivity contribution in [3.63, 3.8) is 0 Å². The topological polar surface area (TPSA) is 162 Å². The molecule has 0 aromatic heterocycles. The number of ether oxygens (including phenoxy) is 1. The quantitative estimate of drug-likeness (QED) is 0.0773. The highest BCUT2D eigenvalue weighted by Crippen LogP contribution is 2.38. The van der Waals surface area contributed by atoms with Gasteiger partial charge in [-0.05, 0) is 90.3 Å². The predicted octanol–water partition coefficient (Wildman–Crippen LogP) is 7.98. The van der Waals surface area contributed by atoms with Crippen LogP contribution in [-0.4, -0.2) is 75.3 Å². The van der Waals surface area contributed by atoms with E-state index in [2.05, 4.69) is 4.90 Å². The van der Waals surface area contributed by atoms with Gasteiger partial charge in [0.2, 0.25) is 0 Å². The summed E-state index contributed by atoms with van der Waals surface area (Å²) in [6, 6.07) is 24.1. The SMILES string of the molecule is CCOC(=O)C1CCN(CCC(=O)/C=C/c2ccc(Cl)cc2)CC1.O=C(O)c1cc2ccccc2c(Cc2c(O)c(C(=O)O)cc3ccccc23)c1O. The Morgan fingerprint density at radius 3 is 1.79 bits per heavy atom. The second-order valence-electron chi connectivity index (χ2n) is 12.7. The van der Waals surface area contributed by atoms with Gasteiger partial charge in [-0.1, -0.05) is 78.3 Å². The van der Waals surface area contributed by atoms with Crippen LogP contribution in [-0.2, 0) is 20.7 Å². The number of carboxylic acid groups (broad SMARTS) is 2. The zero-order valence-electron chi connectivity index (χ0n) is 29.1. The van der Waals surface area contributed by atoms with Crippen molar-refractivity contribution in [2.75, 3.05) is 26.2 Å². The number of aromatic carboxylic acids is 2. The largest absolute Gasteiger partial charge is 0.507 e. The van der Waals surface area contributed by atoms with Gasteiger partial charge in [0.1, 0.15) is 22.6 Å². The summed E-state index contributed by atoms with van der Waals surface area (Å²) < 4.78 is 5.07. The van der Waals surface area contributed by atoms with Crippen LogP contribution in [0.4, 0.5) is 0 Å². The molecule has 1 saturated heterocycles. The summed E-state index contributed by atoms with van der Waals surface area (Å²) in [5.41, 5.74) is 1.07. The summed E-state index contributed by atoms with van der Waals surface area (Å²) >= 11 is 5.83. The van der Waals surface area contributed by atoms with Crippen molar-refractivity contribution >= 4 is 62.9 Å². The maximum Gasteiger partial charge on any atom is 0.339 e. The number of hydrogen-bond acceptors (Lipinski definition) is 8. The number of ketones is 1. The van der Waals surface area contributed by atoms with E-state index in [0.717, 1.165) is 38.0 Å². The molecule has 0 atom stereocenters. The molecule has 6 rings (SSSR count). The fourth-order valence-corrected chi connectivity index (χ4v) is 6.58. The molecule has 1 aliphatic heterocycles. The number of likely N-dealkylation sites (tertiary alicyclic amines) is 1. The smallest absolute Gasteiger partial charge is 0.339 e.